The summed E-state index contributed by atoms with van der Waals surface area (Å²) in [6.45, 7) is 8.13. The third kappa shape index (κ3) is 4.49. The van der Waals surface area contributed by atoms with Gasteiger partial charge in [-0.25, -0.2) is 9.97 Å². The van der Waals surface area contributed by atoms with Crippen LogP contribution in [-0.4, -0.2) is 61.4 Å². The zero-order chi connectivity index (χ0) is 14.2. The highest BCUT2D eigenvalue weighted by molar-refractivity contribution is 5.06. The average Bonchev–Trinajstić information content (AvgIpc) is 2.52. The fourth-order valence-corrected chi connectivity index (χ4v) is 2.18. The molecule has 1 unspecified atom stereocenters. The summed E-state index contributed by atoms with van der Waals surface area (Å²) >= 11 is 0. The number of aromatic nitrogens is 2. The lowest BCUT2D eigenvalue weighted by atomic mass is 10.2. The minimum Gasteiger partial charge on any atom is -0.383 e. The molecule has 1 saturated heterocycles. The fourth-order valence-electron chi connectivity index (χ4n) is 2.18. The molecule has 1 aromatic rings. The van der Waals surface area contributed by atoms with Crippen LogP contribution in [0.5, 0.6) is 0 Å². The average molecular weight is 280 g/mol. The highest BCUT2D eigenvalue weighted by Gasteiger charge is 2.22. The van der Waals surface area contributed by atoms with E-state index in [9.17, 15) is 0 Å². The number of hydrogen-bond acceptors (Lipinski definition) is 6. The molecule has 112 valence electrons. The first kappa shape index (κ1) is 15.3. The molecule has 1 aliphatic heterocycles. The molecule has 2 rings (SSSR count). The molecule has 1 aliphatic rings. The largest absolute Gasteiger partial charge is 0.383 e. The number of nitrogens with one attached hydrogen (secondary N) is 1. The quantitative estimate of drug-likeness (QED) is 0.738. The number of likely N-dealkylation sites (N-methyl/N-ethyl adjacent to an activating group) is 1. The van der Waals surface area contributed by atoms with Gasteiger partial charge in [-0.05, 0) is 6.54 Å². The summed E-state index contributed by atoms with van der Waals surface area (Å²) in [5.74, 6) is 0.781. The summed E-state index contributed by atoms with van der Waals surface area (Å²) in [6, 6.07) is 0. The van der Waals surface area contributed by atoms with E-state index in [0.717, 1.165) is 50.7 Å². The predicted molar refractivity (Wildman–Crippen MR) is 76.4 cm³/mol. The van der Waals surface area contributed by atoms with E-state index in [1.165, 1.54) is 0 Å². The van der Waals surface area contributed by atoms with Gasteiger partial charge in [0.05, 0.1) is 13.2 Å². The van der Waals surface area contributed by atoms with Crippen LogP contribution in [0.1, 0.15) is 24.4 Å². The summed E-state index contributed by atoms with van der Waals surface area (Å²) in [4.78, 5) is 11.2. The molecule has 6 nitrogen and oxygen atoms in total. The van der Waals surface area contributed by atoms with Crippen molar-refractivity contribution in [3.8, 4) is 0 Å². The molecule has 0 aliphatic carbocycles. The number of nitrogens with zero attached hydrogens (tertiary/aromatic N) is 3. The minimum atomic E-state index is -0.000740. The summed E-state index contributed by atoms with van der Waals surface area (Å²) in [5, 5.41) is 3.27. The number of methoxy groups -OCH3 is 1. The molecule has 1 atom stereocenters. The Morgan fingerprint density at radius 3 is 2.95 bits per heavy atom. The Morgan fingerprint density at radius 2 is 2.25 bits per heavy atom. The Labute approximate surface area is 120 Å². The van der Waals surface area contributed by atoms with Crippen molar-refractivity contribution in [3.63, 3.8) is 0 Å². The van der Waals surface area contributed by atoms with E-state index in [2.05, 4.69) is 27.1 Å². The van der Waals surface area contributed by atoms with Crippen molar-refractivity contribution in [1.82, 2.24) is 20.2 Å². The van der Waals surface area contributed by atoms with E-state index in [0.29, 0.717) is 6.61 Å². The summed E-state index contributed by atoms with van der Waals surface area (Å²) in [6.07, 6.45) is 3.74. The van der Waals surface area contributed by atoms with Crippen LogP contribution in [0.4, 0.5) is 0 Å². The molecule has 20 heavy (non-hydrogen) atoms. The van der Waals surface area contributed by atoms with Gasteiger partial charge in [0.25, 0.3) is 0 Å². The van der Waals surface area contributed by atoms with Gasteiger partial charge in [0.15, 0.2) is 5.82 Å². The van der Waals surface area contributed by atoms with E-state index >= 15 is 0 Å². The Bertz CT molecular complexity index is 385. The fraction of sp³-hybridized carbons (Fsp3) is 0.714. The predicted octanol–water partition coefficient (Wildman–Crippen LogP) is 0.606. The molecule has 0 aromatic carbocycles. The van der Waals surface area contributed by atoms with E-state index < -0.39 is 0 Å². The Hall–Kier alpha value is -1.08. The normalized spacial score (nSPS) is 20.2. The maximum absolute atomic E-state index is 5.75. The topological polar surface area (TPSA) is 59.5 Å². The second-order valence-corrected chi connectivity index (χ2v) is 4.87. The van der Waals surface area contributed by atoms with Crippen molar-refractivity contribution in [3.05, 3.63) is 23.8 Å². The van der Waals surface area contributed by atoms with Crippen molar-refractivity contribution >= 4 is 0 Å². The van der Waals surface area contributed by atoms with Gasteiger partial charge in [0.1, 0.15) is 6.10 Å². The third-order valence-corrected chi connectivity index (χ3v) is 3.42. The lowest BCUT2D eigenvalue weighted by Crippen LogP contribution is -2.38. The number of ether oxygens (including phenoxy) is 2. The van der Waals surface area contributed by atoms with E-state index in [1.54, 1.807) is 7.11 Å². The van der Waals surface area contributed by atoms with Crippen LogP contribution in [-0.2, 0) is 16.0 Å². The summed E-state index contributed by atoms with van der Waals surface area (Å²) < 4.78 is 10.7. The first-order valence-electron chi connectivity index (χ1n) is 7.18. The molecular weight excluding hydrogens is 256 g/mol. The molecule has 0 bridgehead atoms. The van der Waals surface area contributed by atoms with Crippen LogP contribution in [0.2, 0.25) is 0 Å². The maximum Gasteiger partial charge on any atom is 0.158 e. The van der Waals surface area contributed by atoms with E-state index in [1.807, 2.05) is 12.4 Å². The van der Waals surface area contributed by atoms with Gasteiger partial charge < -0.3 is 14.8 Å². The molecule has 2 heterocycles. The van der Waals surface area contributed by atoms with E-state index in [4.69, 9.17) is 9.47 Å². The van der Waals surface area contributed by atoms with Crippen LogP contribution in [0, 0.1) is 0 Å². The lowest BCUT2D eigenvalue weighted by molar-refractivity contribution is -0.0326. The third-order valence-electron chi connectivity index (χ3n) is 3.42. The zero-order valence-corrected chi connectivity index (χ0v) is 12.3. The van der Waals surface area contributed by atoms with Gasteiger partial charge in [-0.15, -0.1) is 0 Å². The summed E-state index contributed by atoms with van der Waals surface area (Å²) in [7, 11) is 1.70. The van der Waals surface area contributed by atoms with Crippen LogP contribution in [0.25, 0.3) is 0 Å². The lowest BCUT2D eigenvalue weighted by Gasteiger charge is -2.31. The zero-order valence-electron chi connectivity index (χ0n) is 12.3. The van der Waals surface area contributed by atoms with Crippen molar-refractivity contribution in [2.24, 2.45) is 0 Å². The van der Waals surface area contributed by atoms with Crippen molar-refractivity contribution < 1.29 is 9.47 Å². The first-order chi connectivity index (χ1) is 9.83. The van der Waals surface area contributed by atoms with Gasteiger partial charge in [-0.2, -0.15) is 0 Å². The van der Waals surface area contributed by atoms with Crippen molar-refractivity contribution in [1.29, 1.82) is 0 Å². The molecule has 1 aromatic heterocycles. The second kappa shape index (κ2) is 8.26. The standard InChI is InChI=1S/C14H24N4O2/c1-3-18-5-7-20-13(11-18)14-16-9-12(10-17-14)8-15-4-6-19-2/h9-10,13,15H,3-8,11H2,1-2H3. The highest BCUT2D eigenvalue weighted by Crippen LogP contribution is 2.18. The molecule has 0 saturated carbocycles. The number of rotatable bonds is 7. The maximum atomic E-state index is 5.75. The molecule has 0 amide bonds. The van der Waals surface area contributed by atoms with Gasteiger partial charge >= 0.3 is 0 Å². The molecule has 6 heteroatoms. The van der Waals surface area contributed by atoms with Gasteiger partial charge in [0.2, 0.25) is 0 Å². The van der Waals surface area contributed by atoms with E-state index in [-0.39, 0.29) is 6.10 Å². The molecule has 1 fully saturated rings. The Balaban J connectivity index is 1.84. The first-order valence-corrected chi connectivity index (χ1v) is 7.18. The number of hydrogen-bond donors (Lipinski definition) is 1. The van der Waals surface area contributed by atoms with Crippen LogP contribution in [0.3, 0.4) is 0 Å². The van der Waals surface area contributed by atoms with Gasteiger partial charge in [-0.1, -0.05) is 6.92 Å². The van der Waals surface area contributed by atoms with Gasteiger partial charge in [0, 0.05) is 51.2 Å². The Morgan fingerprint density at radius 1 is 1.45 bits per heavy atom. The molecule has 1 N–H and O–H groups in total. The number of morpholine rings is 1. The monoisotopic (exact) mass is 280 g/mol. The smallest absolute Gasteiger partial charge is 0.158 e. The molecular formula is C14H24N4O2. The highest BCUT2D eigenvalue weighted by atomic mass is 16.5. The Kier molecular flexibility index (Phi) is 6.32. The van der Waals surface area contributed by atoms with Crippen LogP contribution in [0.15, 0.2) is 12.4 Å². The SMILES string of the molecule is CCN1CCOC(c2ncc(CNCCOC)cn2)C1. The summed E-state index contributed by atoms with van der Waals surface area (Å²) in [5.41, 5.74) is 1.08. The second-order valence-electron chi connectivity index (χ2n) is 4.87. The van der Waals surface area contributed by atoms with Crippen molar-refractivity contribution in [2.75, 3.05) is 46.5 Å². The van der Waals surface area contributed by atoms with Crippen LogP contribution >= 0.6 is 0 Å². The molecule has 0 spiro atoms. The van der Waals surface area contributed by atoms with Crippen molar-refractivity contribution in [2.45, 2.75) is 19.6 Å². The minimum absolute atomic E-state index is 0.000740. The van der Waals surface area contributed by atoms with Gasteiger partial charge in [-0.3, -0.25) is 4.90 Å². The molecule has 0 radical (unpaired) electrons. The van der Waals surface area contributed by atoms with Crippen LogP contribution < -0.4 is 5.32 Å².